The summed E-state index contributed by atoms with van der Waals surface area (Å²) in [6, 6.07) is 0. The average Bonchev–Trinajstić information content (AvgIpc) is 2.74. The molecular weight excluding hydrogens is 424 g/mol. The Morgan fingerprint density at radius 3 is 2.26 bits per heavy atom. The Kier molecular flexibility index (Phi) is 5.98. The molecular formula is C30H46O4. The fourth-order valence-corrected chi connectivity index (χ4v) is 9.45. The van der Waals surface area contributed by atoms with Gasteiger partial charge in [0, 0.05) is 6.42 Å². The number of carboxylic acid groups (broad SMARTS) is 2. The van der Waals surface area contributed by atoms with Crippen molar-refractivity contribution in [1.29, 1.82) is 0 Å². The summed E-state index contributed by atoms with van der Waals surface area (Å²) < 4.78 is 0. The van der Waals surface area contributed by atoms with Crippen LogP contribution in [0.4, 0.5) is 0 Å². The summed E-state index contributed by atoms with van der Waals surface area (Å²) in [5.41, 5.74) is 2.28. The van der Waals surface area contributed by atoms with E-state index in [-0.39, 0.29) is 28.1 Å². The Bertz CT molecular complexity index is 934. The number of hydrogen-bond acceptors (Lipinski definition) is 2. The predicted molar refractivity (Wildman–Crippen MR) is 135 cm³/mol. The third-order valence-corrected chi connectivity index (χ3v) is 12.1. The van der Waals surface area contributed by atoms with E-state index in [0.717, 1.165) is 51.4 Å². The maximum atomic E-state index is 12.2. The molecule has 190 valence electrons. The molecule has 4 rings (SSSR count). The van der Waals surface area contributed by atoms with Crippen molar-refractivity contribution in [2.24, 2.45) is 44.8 Å². The van der Waals surface area contributed by atoms with Gasteiger partial charge in [-0.2, -0.15) is 0 Å². The van der Waals surface area contributed by atoms with E-state index in [1.165, 1.54) is 11.1 Å². The molecule has 2 N–H and O–H groups in total. The number of hydrogen-bond donors (Lipinski definition) is 2. The van der Waals surface area contributed by atoms with Gasteiger partial charge in [-0.25, -0.2) is 0 Å². The summed E-state index contributed by atoms with van der Waals surface area (Å²) >= 11 is 0. The van der Waals surface area contributed by atoms with Gasteiger partial charge in [0.05, 0.1) is 5.41 Å². The zero-order chi connectivity index (χ0) is 25.3. The lowest BCUT2D eigenvalue weighted by atomic mass is 9.35. The van der Waals surface area contributed by atoms with Gasteiger partial charge in [0.25, 0.3) is 0 Å². The highest BCUT2D eigenvalue weighted by Gasteiger charge is 2.65. The van der Waals surface area contributed by atoms with Crippen molar-refractivity contribution >= 4 is 11.9 Å². The fraction of sp³-hybridized carbons (Fsp3) is 0.800. The molecule has 0 spiro atoms. The van der Waals surface area contributed by atoms with E-state index >= 15 is 0 Å². The normalized spacial score (nSPS) is 48.1. The topological polar surface area (TPSA) is 74.6 Å². The molecule has 4 nitrogen and oxygen atoms in total. The van der Waals surface area contributed by atoms with Crippen LogP contribution in [-0.2, 0) is 9.59 Å². The van der Waals surface area contributed by atoms with E-state index in [4.69, 9.17) is 0 Å². The number of fused-ring (bicyclic) bond motifs is 5. The Morgan fingerprint density at radius 1 is 1.03 bits per heavy atom. The number of carbonyl (C=O) groups is 2. The molecule has 0 aliphatic heterocycles. The highest BCUT2D eigenvalue weighted by molar-refractivity contribution is 5.74. The minimum absolute atomic E-state index is 0.0291. The van der Waals surface area contributed by atoms with Crippen molar-refractivity contribution in [2.75, 3.05) is 0 Å². The molecule has 0 radical (unpaired) electrons. The average molecular weight is 471 g/mol. The summed E-state index contributed by atoms with van der Waals surface area (Å²) in [5.74, 6) is -0.283. The van der Waals surface area contributed by atoms with E-state index in [1.54, 1.807) is 0 Å². The second kappa shape index (κ2) is 7.96. The molecule has 0 amide bonds. The predicted octanol–water partition coefficient (Wildman–Crippen LogP) is 7.49. The molecule has 0 aromatic rings. The van der Waals surface area contributed by atoms with Crippen molar-refractivity contribution in [3.8, 4) is 0 Å². The summed E-state index contributed by atoms with van der Waals surface area (Å²) in [6.45, 7) is 18.1. The first-order valence-corrected chi connectivity index (χ1v) is 13.4. The lowest BCUT2D eigenvalue weighted by Gasteiger charge is -2.69. The largest absolute Gasteiger partial charge is 0.481 e. The Labute approximate surface area is 206 Å². The van der Waals surface area contributed by atoms with Crippen molar-refractivity contribution in [1.82, 2.24) is 0 Å². The van der Waals surface area contributed by atoms with Crippen molar-refractivity contribution in [3.05, 3.63) is 23.8 Å². The fourth-order valence-electron chi connectivity index (χ4n) is 9.45. The van der Waals surface area contributed by atoms with Gasteiger partial charge in [-0.05, 0) is 111 Å². The van der Waals surface area contributed by atoms with Gasteiger partial charge in [0.2, 0.25) is 0 Å². The first-order chi connectivity index (χ1) is 15.6. The van der Waals surface area contributed by atoms with Crippen LogP contribution < -0.4 is 0 Å². The monoisotopic (exact) mass is 470 g/mol. The van der Waals surface area contributed by atoms with Crippen molar-refractivity contribution in [2.45, 2.75) is 106 Å². The van der Waals surface area contributed by atoms with E-state index in [9.17, 15) is 19.8 Å². The van der Waals surface area contributed by atoms with Gasteiger partial charge in [-0.1, -0.05) is 51.5 Å². The molecule has 4 heteroatoms. The molecule has 1 unspecified atom stereocenters. The van der Waals surface area contributed by atoms with Gasteiger partial charge in [-0.15, -0.1) is 0 Å². The number of carboxylic acids is 2. The summed E-state index contributed by atoms with van der Waals surface area (Å²) in [7, 11) is 0. The van der Waals surface area contributed by atoms with E-state index in [1.807, 2.05) is 6.92 Å². The van der Waals surface area contributed by atoms with Crippen LogP contribution >= 0.6 is 0 Å². The minimum atomic E-state index is -0.712. The lowest BCUT2D eigenvalue weighted by Crippen LogP contribution is -2.61. The van der Waals surface area contributed by atoms with Crippen LogP contribution in [0.15, 0.2) is 23.8 Å². The Hall–Kier alpha value is -1.58. The second-order valence-electron chi connectivity index (χ2n) is 13.8. The van der Waals surface area contributed by atoms with Crippen molar-refractivity contribution < 1.29 is 19.8 Å². The quantitative estimate of drug-likeness (QED) is 0.408. The molecule has 4 aliphatic rings. The van der Waals surface area contributed by atoms with Gasteiger partial charge >= 0.3 is 11.9 Å². The van der Waals surface area contributed by atoms with E-state index in [2.05, 4.69) is 47.3 Å². The minimum Gasteiger partial charge on any atom is -0.481 e. The molecule has 0 aromatic carbocycles. The molecule has 34 heavy (non-hydrogen) atoms. The molecule has 0 bridgehead atoms. The number of aliphatic carboxylic acids is 2. The molecule has 0 saturated heterocycles. The summed E-state index contributed by atoms with van der Waals surface area (Å²) in [5, 5.41) is 19.6. The van der Waals surface area contributed by atoms with Crippen LogP contribution in [0, 0.1) is 44.8 Å². The van der Waals surface area contributed by atoms with Crippen LogP contribution in [-0.4, -0.2) is 22.2 Å². The lowest BCUT2D eigenvalue weighted by molar-refractivity contribution is -0.161. The standard InChI is InChI=1S/C30H46O4/c1-19(2)20-10-13-30(7)23(28(20,5)12-11-24(31)32)9-8-21-22-18-27(4,25(33)34)15-14-26(22,3)16-17-29(21,30)6/h8,20,22-23H,1,9-18H2,2-7H3,(H,31,32)(H,33,34)/t20-,22-,23?,26+,27+,28-,29+,30+/m0/s1. The van der Waals surface area contributed by atoms with Crippen LogP contribution in [0.1, 0.15) is 106 Å². The zero-order valence-electron chi connectivity index (χ0n) is 22.3. The maximum Gasteiger partial charge on any atom is 0.309 e. The van der Waals surface area contributed by atoms with Gasteiger partial charge in [0.1, 0.15) is 0 Å². The van der Waals surface area contributed by atoms with Crippen LogP contribution in [0.5, 0.6) is 0 Å². The molecule has 3 saturated carbocycles. The molecule has 0 aromatic heterocycles. The number of allylic oxidation sites excluding steroid dienone is 3. The molecule has 3 fully saturated rings. The zero-order valence-corrected chi connectivity index (χ0v) is 22.3. The highest BCUT2D eigenvalue weighted by atomic mass is 16.4. The number of rotatable bonds is 5. The first kappa shape index (κ1) is 25.5. The molecule has 4 aliphatic carbocycles. The Balaban J connectivity index is 1.79. The van der Waals surface area contributed by atoms with Crippen molar-refractivity contribution in [3.63, 3.8) is 0 Å². The second-order valence-corrected chi connectivity index (χ2v) is 13.8. The SMILES string of the molecule is C=C(C)[C@@H]1CC[C@]2(C)C(CC=C3[C@@H]4C[C@](C)(C(=O)O)CC[C@]4(C)CC[C@]32C)[C@@]1(C)CCC(=O)O. The molecule has 0 heterocycles. The van der Waals surface area contributed by atoms with Crippen LogP contribution in [0.25, 0.3) is 0 Å². The van der Waals surface area contributed by atoms with Gasteiger partial charge in [-0.3, -0.25) is 9.59 Å². The smallest absolute Gasteiger partial charge is 0.309 e. The maximum absolute atomic E-state index is 12.2. The highest BCUT2D eigenvalue weighted by Crippen LogP contribution is 2.74. The van der Waals surface area contributed by atoms with Gasteiger partial charge < -0.3 is 10.2 Å². The van der Waals surface area contributed by atoms with Crippen LogP contribution in [0.3, 0.4) is 0 Å². The Morgan fingerprint density at radius 2 is 1.68 bits per heavy atom. The van der Waals surface area contributed by atoms with Crippen LogP contribution in [0.2, 0.25) is 0 Å². The molecule has 8 atom stereocenters. The van der Waals surface area contributed by atoms with E-state index in [0.29, 0.717) is 24.2 Å². The summed E-state index contributed by atoms with van der Waals surface area (Å²) in [6.07, 6.45) is 11.4. The first-order valence-electron chi connectivity index (χ1n) is 13.4. The van der Waals surface area contributed by atoms with Gasteiger partial charge in [0.15, 0.2) is 0 Å². The van der Waals surface area contributed by atoms with E-state index < -0.39 is 17.4 Å². The third kappa shape index (κ3) is 3.45. The third-order valence-electron chi connectivity index (χ3n) is 12.1. The summed E-state index contributed by atoms with van der Waals surface area (Å²) in [4.78, 5) is 23.8.